The van der Waals surface area contributed by atoms with Gasteiger partial charge in [-0.25, -0.2) is 0 Å². The maximum Gasteiger partial charge on any atom is 0.333 e. The Morgan fingerprint density at radius 1 is 0.417 bits per heavy atom. The molecule has 0 N–H and O–H groups in total. The Hall–Kier alpha value is -0.0600. The molecule has 0 heterocycles. The average molecular weight is 979 g/mol. The Labute approximate surface area is 359 Å². The van der Waals surface area contributed by atoms with E-state index in [0.717, 1.165) is 90.9 Å². The fourth-order valence-corrected chi connectivity index (χ4v) is 17.2. The topological polar surface area (TPSA) is 245 Å². The summed E-state index contributed by atoms with van der Waals surface area (Å²) in [5.74, 6) is -2.26. The van der Waals surface area contributed by atoms with Gasteiger partial charge in [-0.15, -0.1) is 0 Å². The quantitative estimate of drug-likeness (QED) is 0.0426. The van der Waals surface area contributed by atoms with Gasteiger partial charge in [-0.1, -0.05) is 89.9 Å². The minimum Gasteiger partial charge on any atom is -0.290 e. The molecule has 4 aliphatic rings. The van der Waals surface area contributed by atoms with E-state index in [0.29, 0.717) is 51.4 Å². The van der Waals surface area contributed by atoms with Crippen LogP contribution in [0.1, 0.15) is 168 Å². The van der Waals surface area contributed by atoms with Crippen LogP contribution in [0.4, 0.5) is 0 Å². The predicted molar refractivity (Wildman–Crippen MR) is 224 cm³/mol. The zero-order valence-electron chi connectivity index (χ0n) is 35.1. The van der Waals surface area contributed by atoms with Crippen molar-refractivity contribution < 1.29 is 77.6 Å². The van der Waals surface area contributed by atoms with Gasteiger partial charge in [0.1, 0.15) is 0 Å². The van der Waals surface area contributed by atoms with Gasteiger partial charge < -0.3 is 0 Å². The van der Waals surface area contributed by atoms with Crippen LogP contribution in [0.2, 0.25) is 0 Å². The molecule has 4 atom stereocenters. The lowest BCUT2D eigenvalue weighted by Gasteiger charge is -2.26. The molecule has 0 saturated heterocycles. The van der Waals surface area contributed by atoms with Crippen molar-refractivity contribution in [2.45, 2.75) is 203 Å². The van der Waals surface area contributed by atoms with Crippen molar-refractivity contribution >= 4 is 55.7 Å². The molecule has 0 aromatic heterocycles. The molecule has 4 rings (SSSR count). The molecule has 4 aliphatic carbocycles. The summed E-state index contributed by atoms with van der Waals surface area (Å²) in [6, 6.07) is 0. The van der Waals surface area contributed by atoms with E-state index >= 15 is 0 Å². The molecular formula is C36H68O18P2S4. The molecule has 0 aliphatic heterocycles. The van der Waals surface area contributed by atoms with Gasteiger partial charge in [-0.05, 0) is 78.1 Å². The minimum atomic E-state index is -4.44. The Kier molecular flexibility index (Phi) is 21.4. The molecule has 0 aromatic rings. The molecule has 18 nitrogen and oxygen atoms in total. The molecule has 4 fully saturated rings. The van der Waals surface area contributed by atoms with Crippen molar-refractivity contribution in [2.24, 2.45) is 0 Å². The normalized spacial score (nSPS) is 23.4. The highest BCUT2D eigenvalue weighted by Gasteiger charge is 2.39. The van der Waals surface area contributed by atoms with Crippen LogP contribution in [0.25, 0.3) is 0 Å². The summed E-state index contributed by atoms with van der Waals surface area (Å²) >= 11 is 0. The highest BCUT2D eigenvalue weighted by molar-refractivity contribution is 7.88. The second kappa shape index (κ2) is 24.5. The lowest BCUT2D eigenvalue weighted by Crippen LogP contribution is -2.29. The first-order valence-electron chi connectivity index (χ1n) is 21.7. The zero-order valence-corrected chi connectivity index (χ0v) is 40.2. The van der Waals surface area contributed by atoms with Gasteiger partial charge in [-0.2, -0.15) is 33.7 Å². The average Bonchev–Trinajstić information content (AvgIpc) is 3.19. The molecule has 0 spiro atoms. The SMILES string of the molecule is CC(OP(=O)(CCCCCCP(=O)(OCS(=O)(=O)OC1CCCCC1)OC(C)S(=O)(=O)OC1CCCCC1)OCS(=O)(=O)OC1CCCCC1)S(=O)(=O)OC1CCCCC1. The predicted octanol–water partition coefficient (Wildman–Crippen LogP) is 8.32. The van der Waals surface area contributed by atoms with E-state index in [1.54, 1.807) is 0 Å². The highest BCUT2D eigenvalue weighted by Crippen LogP contribution is 2.53. The van der Waals surface area contributed by atoms with Crippen molar-refractivity contribution in [1.29, 1.82) is 0 Å². The summed E-state index contributed by atoms with van der Waals surface area (Å²) in [6.07, 6.45) is 12.1. The van der Waals surface area contributed by atoms with Crippen LogP contribution in [0.5, 0.6) is 0 Å². The maximum atomic E-state index is 14.1. The third kappa shape index (κ3) is 19.2. The fraction of sp³-hybridized carbons (Fsp3) is 1.00. The van der Waals surface area contributed by atoms with E-state index in [2.05, 4.69) is 0 Å². The smallest absolute Gasteiger partial charge is 0.290 e. The molecule has 24 heteroatoms. The first-order chi connectivity index (χ1) is 28.2. The van der Waals surface area contributed by atoms with Crippen LogP contribution < -0.4 is 0 Å². The van der Waals surface area contributed by atoms with Crippen LogP contribution in [0.3, 0.4) is 0 Å². The zero-order chi connectivity index (χ0) is 43.9. The second-order valence-corrected chi connectivity index (χ2v) is 27.5. The number of unbranched alkanes of at least 4 members (excludes halogenated alkanes) is 3. The monoisotopic (exact) mass is 978 g/mol. The van der Waals surface area contributed by atoms with Gasteiger partial charge in [0.05, 0.1) is 36.7 Å². The summed E-state index contributed by atoms with van der Waals surface area (Å²) in [5, 5.41) is 0. The Bertz CT molecular complexity index is 1700. The first kappa shape index (κ1) is 52.6. The van der Waals surface area contributed by atoms with E-state index in [-0.39, 0.29) is 25.7 Å². The molecule has 4 saturated carbocycles. The third-order valence-electron chi connectivity index (χ3n) is 11.1. The lowest BCUT2D eigenvalue weighted by molar-refractivity contribution is 0.136. The Morgan fingerprint density at radius 3 is 0.967 bits per heavy atom. The van der Waals surface area contributed by atoms with Crippen LogP contribution >= 0.6 is 15.2 Å². The molecular weight excluding hydrogens is 911 g/mol. The van der Waals surface area contributed by atoms with Crippen molar-refractivity contribution in [3.63, 3.8) is 0 Å². The van der Waals surface area contributed by atoms with Gasteiger partial charge >= 0.3 is 15.2 Å². The largest absolute Gasteiger partial charge is 0.333 e. The van der Waals surface area contributed by atoms with Gasteiger partial charge in [0.25, 0.3) is 40.5 Å². The van der Waals surface area contributed by atoms with E-state index in [1.165, 1.54) is 0 Å². The van der Waals surface area contributed by atoms with Crippen LogP contribution in [-0.2, 0) is 84.4 Å². The van der Waals surface area contributed by atoms with Crippen LogP contribution in [0, 0.1) is 0 Å². The summed E-state index contributed by atoms with van der Waals surface area (Å²) < 4.78 is 175. The molecule has 0 radical (unpaired) electrons. The lowest BCUT2D eigenvalue weighted by atomic mass is 9.98. The summed E-state index contributed by atoms with van der Waals surface area (Å²) in [5.41, 5.74) is -3.52. The van der Waals surface area contributed by atoms with Gasteiger partial charge in [-0.3, -0.25) is 44.0 Å². The molecule has 354 valence electrons. The number of hydrogen-bond acceptors (Lipinski definition) is 18. The van der Waals surface area contributed by atoms with E-state index in [1.807, 2.05) is 0 Å². The molecule has 0 amide bonds. The molecule has 4 unspecified atom stereocenters. The number of rotatable bonds is 27. The molecule has 0 aromatic carbocycles. The summed E-state index contributed by atoms with van der Waals surface area (Å²) in [6.45, 7) is 2.28. The van der Waals surface area contributed by atoms with Crippen molar-refractivity contribution in [3.8, 4) is 0 Å². The first-order valence-corrected chi connectivity index (χ1v) is 31.2. The van der Waals surface area contributed by atoms with E-state index in [4.69, 9.17) is 34.8 Å². The van der Waals surface area contributed by atoms with E-state index in [9.17, 15) is 42.8 Å². The second-order valence-electron chi connectivity index (χ2n) is 16.4. The minimum absolute atomic E-state index is 0.0622. The maximum absolute atomic E-state index is 14.1. The van der Waals surface area contributed by atoms with E-state index < -0.39 is 115 Å². The number of hydrogen-bond donors (Lipinski definition) is 0. The Morgan fingerprint density at radius 2 is 0.683 bits per heavy atom. The summed E-state index contributed by atoms with van der Waals surface area (Å²) in [4.78, 5) is 0. The van der Waals surface area contributed by atoms with Crippen LogP contribution in [-0.4, -0.2) is 93.2 Å². The van der Waals surface area contributed by atoms with Crippen molar-refractivity contribution in [3.05, 3.63) is 0 Å². The standard InChI is InChI=1S/C36H68O18P2S4/c1-31(59(43,44)53-35-23-13-7-14-24-35)49-55(37,47-29-57(39,40)51-33-19-9-5-10-20-33)27-17-3-4-18-28-56(38,48-30-58(41,42)52-34-21-11-6-12-22-34)50-32(2)60(45,46)54-36-25-15-8-16-26-36/h31-36H,3-30H2,1-2H3. The molecule has 0 bridgehead atoms. The highest BCUT2D eigenvalue weighted by atomic mass is 32.2. The van der Waals surface area contributed by atoms with Crippen molar-refractivity contribution in [1.82, 2.24) is 0 Å². The van der Waals surface area contributed by atoms with Gasteiger partial charge in [0.2, 0.25) is 0 Å². The van der Waals surface area contributed by atoms with Crippen molar-refractivity contribution in [2.75, 3.05) is 24.2 Å². The summed E-state index contributed by atoms with van der Waals surface area (Å²) in [7, 11) is -26.3. The fourth-order valence-electron chi connectivity index (χ4n) is 7.76. The molecule has 60 heavy (non-hydrogen) atoms. The van der Waals surface area contributed by atoms with Gasteiger partial charge in [0, 0.05) is 0 Å². The Balaban J connectivity index is 1.38. The van der Waals surface area contributed by atoms with Crippen LogP contribution in [0.15, 0.2) is 0 Å². The van der Waals surface area contributed by atoms with Gasteiger partial charge in [0.15, 0.2) is 22.7 Å². The third-order valence-corrected chi connectivity index (χ3v) is 20.7.